The number of aliphatic hydroxyl groups is 4. The predicted molar refractivity (Wildman–Crippen MR) is 118 cm³/mol. The summed E-state index contributed by atoms with van der Waals surface area (Å²) >= 11 is 0. The number of aliphatic hydroxyl groups excluding tert-OH is 4. The van der Waals surface area contributed by atoms with Crippen LogP contribution in [0.4, 0.5) is 0 Å². The first-order chi connectivity index (χ1) is 14.7. The molecule has 0 fully saturated rings. The molecule has 4 N–H and O–H groups in total. The first-order valence-electron chi connectivity index (χ1n) is 10.4. The minimum Gasteiger partial charge on any atom is -0.491 e. The molecule has 2 aromatic rings. The van der Waals surface area contributed by atoms with Crippen molar-refractivity contribution in [2.75, 3.05) is 33.0 Å². The molecule has 2 rings (SSSR count). The third kappa shape index (κ3) is 8.12. The van der Waals surface area contributed by atoms with Gasteiger partial charge in [0.2, 0.25) is 0 Å². The van der Waals surface area contributed by atoms with Gasteiger partial charge in [0.15, 0.2) is 0 Å². The molecule has 7 nitrogen and oxygen atoms in total. The van der Waals surface area contributed by atoms with Crippen LogP contribution in [-0.4, -0.2) is 71.8 Å². The number of rotatable bonds is 13. The Hall–Kier alpha value is -2.16. The molecular formula is C24H34O7. The number of benzene rings is 2. The zero-order valence-electron chi connectivity index (χ0n) is 18.4. The van der Waals surface area contributed by atoms with E-state index in [-0.39, 0.29) is 38.4 Å². The van der Waals surface area contributed by atoms with Crippen molar-refractivity contribution < 1.29 is 34.6 Å². The molecule has 0 bridgehead atoms. The van der Waals surface area contributed by atoms with Gasteiger partial charge in [0.1, 0.15) is 36.9 Å². The van der Waals surface area contributed by atoms with Crippen molar-refractivity contribution in [3.05, 3.63) is 59.7 Å². The topological polar surface area (TPSA) is 109 Å². The summed E-state index contributed by atoms with van der Waals surface area (Å²) < 4.78 is 16.3. The lowest BCUT2D eigenvalue weighted by molar-refractivity contribution is -0.0163. The zero-order chi connectivity index (χ0) is 22.9. The van der Waals surface area contributed by atoms with Crippen LogP contribution in [-0.2, 0) is 10.2 Å². The second-order valence-corrected chi connectivity index (χ2v) is 8.17. The van der Waals surface area contributed by atoms with Gasteiger partial charge in [-0.25, -0.2) is 0 Å². The molecule has 0 aliphatic heterocycles. The molecule has 0 aromatic heterocycles. The molecule has 172 valence electrons. The monoisotopic (exact) mass is 434 g/mol. The summed E-state index contributed by atoms with van der Waals surface area (Å²) in [4.78, 5) is 0. The Balaban J connectivity index is 1.91. The zero-order valence-corrected chi connectivity index (χ0v) is 18.4. The molecule has 3 atom stereocenters. The molecular weight excluding hydrogens is 400 g/mol. The highest BCUT2D eigenvalue weighted by Crippen LogP contribution is 2.33. The van der Waals surface area contributed by atoms with Crippen LogP contribution >= 0.6 is 0 Å². The van der Waals surface area contributed by atoms with Crippen molar-refractivity contribution in [1.82, 2.24) is 0 Å². The molecule has 0 aliphatic rings. The van der Waals surface area contributed by atoms with Crippen LogP contribution in [0.5, 0.6) is 11.5 Å². The predicted octanol–water partition coefficient (Wildman–Crippen LogP) is 1.88. The molecule has 0 amide bonds. The minimum atomic E-state index is -0.894. The lowest BCUT2D eigenvalue weighted by Crippen LogP contribution is -2.25. The summed E-state index contributed by atoms with van der Waals surface area (Å²) in [6, 6.07) is 15.4. The fraction of sp³-hybridized carbons (Fsp3) is 0.500. The van der Waals surface area contributed by atoms with Gasteiger partial charge in [-0.15, -0.1) is 0 Å². The highest BCUT2D eigenvalue weighted by atomic mass is 16.5. The Kier molecular flexibility index (Phi) is 9.74. The second-order valence-electron chi connectivity index (χ2n) is 8.17. The number of ether oxygens (including phenoxy) is 3. The van der Waals surface area contributed by atoms with Gasteiger partial charge in [0.05, 0.1) is 25.9 Å². The summed E-state index contributed by atoms with van der Waals surface area (Å²) in [7, 11) is 0. The standard InChI is InChI=1S/C24H34O7/c1-17(26)13-29-14-21(28)16-31-23-10-6-19(7-11-23)24(2,3)18-4-8-22(9-5-18)30-15-20(27)12-25/h4-11,17,20-21,25-28H,12-16H2,1-3H3. The summed E-state index contributed by atoms with van der Waals surface area (Å²) in [5, 5.41) is 37.3. The molecule has 0 aliphatic carbocycles. The van der Waals surface area contributed by atoms with E-state index in [0.717, 1.165) is 11.1 Å². The van der Waals surface area contributed by atoms with Gasteiger partial charge in [0, 0.05) is 5.41 Å². The first-order valence-corrected chi connectivity index (χ1v) is 10.4. The normalized spacial score (nSPS) is 14.7. The van der Waals surface area contributed by atoms with Gasteiger partial charge in [-0.3, -0.25) is 0 Å². The van der Waals surface area contributed by atoms with Crippen LogP contribution in [0.3, 0.4) is 0 Å². The average molecular weight is 435 g/mol. The van der Waals surface area contributed by atoms with Crippen LogP contribution in [0.2, 0.25) is 0 Å². The molecule has 0 saturated heterocycles. The highest BCUT2D eigenvalue weighted by molar-refractivity contribution is 5.41. The maximum Gasteiger partial charge on any atom is 0.119 e. The smallest absolute Gasteiger partial charge is 0.119 e. The Morgan fingerprint density at radius 2 is 1.16 bits per heavy atom. The molecule has 3 unspecified atom stereocenters. The van der Waals surface area contributed by atoms with Gasteiger partial charge in [0.25, 0.3) is 0 Å². The third-order valence-electron chi connectivity index (χ3n) is 4.92. The van der Waals surface area contributed by atoms with E-state index in [4.69, 9.17) is 24.4 Å². The Morgan fingerprint density at radius 1 is 0.710 bits per heavy atom. The van der Waals surface area contributed by atoms with Crippen molar-refractivity contribution in [2.45, 2.75) is 44.5 Å². The van der Waals surface area contributed by atoms with Crippen molar-refractivity contribution in [3.63, 3.8) is 0 Å². The van der Waals surface area contributed by atoms with Gasteiger partial charge < -0.3 is 34.6 Å². The van der Waals surface area contributed by atoms with E-state index >= 15 is 0 Å². The summed E-state index contributed by atoms with van der Waals surface area (Å²) in [5.41, 5.74) is 1.95. The molecule has 0 spiro atoms. The largest absolute Gasteiger partial charge is 0.491 e. The van der Waals surface area contributed by atoms with E-state index in [9.17, 15) is 10.2 Å². The van der Waals surface area contributed by atoms with E-state index in [0.29, 0.717) is 11.5 Å². The lowest BCUT2D eigenvalue weighted by atomic mass is 9.78. The van der Waals surface area contributed by atoms with Crippen LogP contribution in [0.1, 0.15) is 31.9 Å². The van der Waals surface area contributed by atoms with Crippen LogP contribution in [0.25, 0.3) is 0 Å². The summed E-state index contributed by atoms with van der Waals surface area (Å²) in [6.07, 6.45) is -2.23. The lowest BCUT2D eigenvalue weighted by Gasteiger charge is -2.26. The van der Waals surface area contributed by atoms with E-state index in [2.05, 4.69) is 13.8 Å². The molecule has 7 heteroatoms. The number of hydrogen-bond donors (Lipinski definition) is 4. The Bertz CT molecular complexity index is 757. The van der Waals surface area contributed by atoms with Gasteiger partial charge >= 0.3 is 0 Å². The molecule has 0 saturated carbocycles. The quantitative estimate of drug-likeness (QED) is 0.381. The van der Waals surface area contributed by atoms with E-state index in [1.165, 1.54) is 0 Å². The van der Waals surface area contributed by atoms with Gasteiger partial charge in [-0.05, 0) is 42.3 Å². The second kappa shape index (κ2) is 12.0. The van der Waals surface area contributed by atoms with Crippen LogP contribution in [0.15, 0.2) is 48.5 Å². The van der Waals surface area contributed by atoms with Crippen molar-refractivity contribution in [3.8, 4) is 11.5 Å². The van der Waals surface area contributed by atoms with Crippen molar-refractivity contribution in [2.24, 2.45) is 0 Å². The molecule has 0 heterocycles. The maximum absolute atomic E-state index is 9.89. The molecule has 31 heavy (non-hydrogen) atoms. The third-order valence-corrected chi connectivity index (χ3v) is 4.92. The van der Waals surface area contributed by atoms with Crippen LogP contribution in [0, 0.1) is 0 Å². The van der Waals surface area contributed by atoms with Crippen molar-refractivity contribution in [1.29, 1.82) is 0 Å². The maximum atomic E-state index is 9.89. The minimum absolute atomic E-state index is 0.0437. The fourth-order valence-corrected chi connectivity index (χ4v) is 2.96. The highest BCUT2D eigenvalue weighted by Gasteiger charge is 2.23. The van der Waals surface area contributed by atoms with Crippen molar-refractivity contribution >= 4 is 0 Å². The van der Waals surface area contributed by atoms with Gasteiger partial charge in [-0.2, -0.15) is 0 Å². The Morgan fingerprint density at radius 3 is 1.58 bits per heavy atom. The fourth-order valence-electron chi connectivity index (χ4n) is 2.96. The van der Waals surface area contributed by atoms with Gasteiger partial charge in [-0.1, -0.05) is 38.1 Å². The summed E-state index contributed by atoms with van der Waals surface area (Å²) in [5.74, 6) is 1.28. The SMILES string of the molecule is CC(O)COCC(O)COc1ccc(C(C)(C)c2ccc(OCC(O)CO)cc2)cc1. The van der Waals surface area contributed by atoms with E-state index in [1.807, 2.05) is 48.5 Å². The molecule has 0 radical (unpaired) electrons. The first kappa shape index (κ1) is 25.1. The van der Waals surface area contributed by atoms with E-state index in [1.54, 1.807) is 6.92 Å². The number of hydrogen-bond acceptors (Lipinski definition) is 7. The average Bonchev–Trinajstić information content (AvgIpc) is 2.76. The van der Waals surface area contributed by atoms with Crippen LogP contribution < -0.4 is 9.47 Å². The van der Waals surface area contributed by atoms with E-state index < -0.39 is 18.3 Å². The summed E-state index contributed by atoms with van der Waals surface area (Å²) in [6.45, 7) is 5.97. The molecule has 2 aromatic carbocycles. The Labute approximate surface area is 183 Å².